The minimum Gasteiger partial charge on any atom is -0.248 e. The molecular weight excluding hydrogens is 236 g/mol. The third kappa shape index (κ3) is 2.60. The van der Waals surface area contributed by atoms with Crippen molar-refractivity contribution >= 4 is 11.8 Å². The smallest absolute Gasteiger partial charge is 0.215 e. The fraction of sp³-hybridized carbons (Fsp3) is 0.300. The Morgan fingerprint density at radius 3 is 2.82 bits per heavy atom. The van der Waals surface area contributed by atoms with Gasteiger partial charge in [-0.1, -0.05) is 0 Å². The quantitative estimate of drug-likeness (QED) is 0.819. The van der Waals surface area contributed by atoms with E-state index < -0.39 is 0 Å². The Morgan fingerprint density at radius 2 is 2.24 bits per heavy atom. The van der Waals surface area contributed by atoms with Crippen molar-refractivity contribution < 1.29 is 0 Å². The molecule has 0 spiro atoms. The van der Waals surface area contributed by atoms with E-state index in [1.165, 1.54) is 18.0 Å². The van der Waals surface area contributed by atoms with Crippen LogP contribution < -0.4 is 0 Å². The Bertz CT molecular complexity index is 539. The van der Waals surface area contributed by atoms with Gasteiger partial charge in [-0.25, -0.2) is 9.67 Å². The monoisotopic (exact) mass is 246 g/mol. The summed E-state index contributed by atoms with van der Waals surface area (Å²) in [5.74, 6) is 0. The van der Waals surface area contributed by atoms with Gasteiger partial charge in [0.05, 0.1) is 11.6 Å². The van der Waals surface area contributed by atoms with Crippen molar-refractivity contribution in [2.45, 2.75) is 30.1 Å². The van der Waals surface area contributed by atoms with Crippen LogP contribution in [0.1, 0.15) is 25.5 Å². The molecule has 2 rings (SSSR count). The van der Waals surface area contributed by atoms with Crippen molar-refractivity contribution in [1.29, 1.82) is 5.26 Å². The predicted octanol–water partition coefficient (Wildman–Crippen LogP) is 1.67. The molecule has 0 unspecified atom stereocenters. The SMILES string of the molecule is CC(C)n1nnnc1Sc1ccc(C#N)cn1. The van der Waals surface area contributed by atoms with Gasteiger partial charge < -0.3 is 0 Å². The lowest BCUT2D eigenvalue weighted by molar-refractivity contribution is 0.477. The van der Waals surface area contributed by atoms with Gasteiger partial charge in [-0.15, -0.1) is 5.10 Å². The van der Waals surface area contributed by atoms with Gasteiger partial charge in [-0.2, -0.15) is 5.26 Å². The number of aromatic nitrogens is 5. The van der Waals surface area contributed by atoms with Crippen LogP contribution in [0, 0.1) is 11.3 Å². The number of tetrazole rings is 1. The molecule has 17 heavy (non-hydrogen) atoms. The Labute approximate surface area is 103 Å². The fourth-order valence-electron chi connectivity index (χ4n) is 1.18. The molecule has 0 fully saturated rings. The average molecular weight is 246 g/mol. The molecule has 0 aromatic carbocycles. The van der Waals surface area contributed by atoms with Crippen LogP contribution in [-0.2, 0) is 0 Å². The highest BCUT2D eigenvalue weighted by Crippen LogP contribution is 2.24. The molecule has 0 atom stereocenters. The molecule has 0 saturated heterocycles. The summed E-state index contributed by atoms with van der Waals surface area (Å²) in [6, 6.07) is 5.73. The van der Waals surface area contributed by atoms with Crippen LogP contribution in [-0.4, -0.2) is 25.2 Å². The first kappa shape index (κ1) is 11.5. The Hall–Kier alpha value is -1.94. The van der Waals surface area contributed by atoms with Crippen LogP contribution in [0.5, 0.6) is 0 Å². The second kappa shape index (κ2) is 4.93. The van der Waals surface area contributed by atoms with Gasteiger partial charge in [-0.3, -0.25) is 0 Å². The topological polar surface area (TPSA) is 80.3 Å². The predicted molar refractivity (Wildman–Crippen MR) is 61.3 cm³/mol. The zero-order chi connectivity index (χ0) is 12.3. The van der Waals surface area contributed by atoms with Crippen molar-refractivity contribution in [2.24, 2.45) is 0 Å². The van der Waals surface area contributed by atoms with Crippen molar-refractivity contribution in [3.05, 3.63) is 23.9 Å². The maximum atomic E-state index is 8.67. The summed E-state index contributed by atoms with van der Waals surface area (Å²) in [5.41, 5.74) is 0.540. The summed E-state index contributed by atoms with van der Waals surface area (Å²) in [5, 5.41) is 21.6. The third-order valence-electron chi connectivity index (χ3n) is 2.01. The van der Waals surface area contributed by atoms with Crippen LogP contribution in [0.3, 0.4) is 0 Å². The van der Waals surface area contributed by atoms with Gasteiger partial charge in [0.15, 0.2) is 0 Å². The lowest BCUT2D eigenvalue weighted by atomic mass is 10.3. The van der Waals surface area contributed by atoms with Crippen molar-refractivity contribution in [3.63, 3.8) is 0 Å². The molecule has 6 nitrogen and oxygen atoms in total. The molecule has 2 aromatic heterocycles. The second-order valence-corrected chi connectivity index (χ2v) is 4.59. The molecule has 0 amide bonds. The van der Waals surface area contributed by atoms with Gasteiger partial charge >= 0.3 is 0 Å². The first-order valence-corrected chi connectivity index (χ1v) is 5.84. The largest absolute Gasteiger partial charge is 0.248 e. The van der Waals surface area contributed by atoms with Crippen LogP contribution in [0.25, 0.3) is 0 Å². The summed E-state index contributed by atoms with van der Waals surface area (Å²) in [6.45, 7) is 4.01. The standard InChI is InChI=1S/C10H10N6S/c1-7(2)16-10(13-14-15-16)17-9-4-3-8(5-11)6-12-9/h3-4,6-7H,1-2H3. The normalized spacial score (nSPS) is 10.5. The molecule has 2 aromatic rings. The molecule has 86 valence electrons. The van der Waals surface area contributed by atoms with Crippen LogP contribution in [0.4, 0.5) is 0 Å². The van der Waals surface area contributed by atoms with E-state index in [1.807, 2.05) is 19.9 Å². The van der Waals surface area contributed by atoms with Gasteiger partial charge in [0.25, 0.3) is 0 Å². The fourth-order valence-corrected chi connectivity index (χ4v) is 2.02. The second-order valence-electron chi connectivity index (χ2n) is 3.60. The van der Waals surface area contributed by atoms with E-state index in [2.05, 4.69) is 20.5 Å². The zero-order valence-electron chi connectivity index (χ0n) is 9.40. The van der Waals surface area contributed by atoms with Gasteiger partial charge in [0, 0.05) is 6.20 Å². The minimum atomic E-state index is 0.200. The Balaban J connectivity index is 2.20. The number of nitrogens with zero attached hydrogens (tertiary/aromatic N) is 6. The van der Waals surface area contributed by atoms with E-state index in [1.54, 1.807) is 16.8 Å². The number of hydrogen-bond donors (Lipinski definition) is 0. The zero-order valence-corrected chi connectivity index (χ0v) is 10.2. The first-order chi connectivity index (χ1) is 8.20. The summed E-state index contributed by atoms with van der Waals surface area (Å²) >= 11 is 1.37. The molecule has 0 N–H and O–H groups in total. The average Bonchev–Trinajstić information content (AvgIpc) is 2.78. The van der Waals surface area contributed by atoms with E-state index in [4.69, 9.17) is 5.26 Å². The molecule has 0 bridgehead atoms. The van der Waals surface area contributed by atoms with E-state index in [9.17, 15) is 0 Å². The van der Waals surface area contributed by atoms with Gasteiger partial charge in [0.2, 0.25) is 5.16 Å². The first-order valence-electron chi connectivity index (χ1n) is 5.02. The number of pyridine rings is 1. The van der Waals surface area contributed by atoms with Gasteiger partial charge in [0.1, 0.15) is 11.1 Å². The van der Waals surface area contributed by atoms with Gasteiger partial charge in [-0.05, 0) is 48.2 Å². The highest BCUT2D eigenvalue weighted by Gasteiger charge is 2.11. The van der Waals surface area contributed by atoms with Crippen molar-refractivity contribution in [2.75, 3.05) is 0 Å². The van der Waals surface area contributed by atoms with Crippen molar-refractivity contribution in [1.82, 2.24) is 25.2 Å². The van der Waals surface area contributed by atoms with E-state index in [-0.39, 0.29) is 6.04 Å². The van der Waals surface area contributed by atoms with Crippen LogP contribution in [0.2, 0.25) is 0 Å². The molecule has 0 saturated carbocycles. The third-order valence-corrected chi connectivity index (χ3v) is 2.91. The lowest BCUT2D eigenvalue weighted by Gasteiger charge is -2.06. The molecule has 0 aliphatic carbocycles. The number of hydrogen-bond acceptors (Lipinski definition) is 6. The number of nitriles is 1. The van der Waals surface area contributed by atoms with Crippen LogP contribution in [0.15, 0.2) is 28.5 Å². The molecule has 0 radical (unpaired) electrons. The molecular formula is C10H10N6S. The Kier molecular flexibility index (Phi) is 3.35. The van der Waals surface area contributed by atoms with Crippen molar-refractivity contribution in [3.8, 4) is 6.07 Å². The highest BCUT2D eigenvalue weighted by atomic mass is 32.2. The molecule has 2 heterocycles. The summed E-state index contributed by atoms with van der Waals surface area (Å²) in [6.07, 6.45) is 1.53. The maximum Gasteiger partial charge on any atom is 0.215 e. The highest BCUT2D eigenvalue weighted by molar-refractivity contribution is 7.99. The summed E-state index contributed by atoms with van der Waals surface area (Å²) < 4.78 is 1.73. The van der Waals surface area contributed by atoms with E-state index in [0.717, 1.165) is 5.03 Å². The number of rotatable bonds is 3. The minimum absolute atomic E-state index is 0.200. The molecule has 0 aliphatic heterocycles. The van der Waals surface area contributed by atoms with Crippen LogP contribution >= 0.6 is 11.8 Å². The Morgan fingerprint density at radius 1 is 1.41 bits per heavy atom. The molecule has 0 aliphatic rings. The maximum absolute atomic E-state index is 8.67. The molecule has 7 heteroatoms. The summed E-state index contributed by atoms with van der Waals surface area (Å²) in [4.78, 5) is 4.16. The summed E-state index contributed by atoms with van der Waals surface area (Å²) in [7, 11) is 0. The van der Waals surface area contributed by atoms with E-state index in [0.29, 0.717) is 10.7 Å². The van der Waals surface area contributed by atoms with E-state index >= 15 is 0 Å². The lowest BCUT2D eigenvalue weighted by Crippen LogP contribution is -2.04.